The number of amides is 1. The molecule has 134 valence electrons. The molecular formula is C19H15F2NO4. The van der Waals surface area contributed by atoms with Crippen molar-refractivity contribution in [3.05, 3.63) is 65.2 Å². The number of rotatable bonds is 5. The summed E-state index contributed by atoms with van der Waals surface area (Å²) in [4.78, 5) is 37.4. The van der Waals surface area contributed by atoms with Crippen molar-refractivity contribution in [2.45, 2.75) is 12.8 Å². The highest BCUT2D eigenvalue weighted by atomic mass is 19.1. The molecule has 0 aliphatic carbocycles. The molecule has 7 heteroatoms. The minimum atomic E-state index is -0.887. The van der Waals surface area contributed by atoms with Crippen molar-refractivity contribution in [1.29, 1.82) is 0 Å². The Balaban J connectivity index is 1.67. The maximum atomic E-state index is 13.6. The summed E-state index contributed by atoms with van der Waals surface area (Å²) in [5, 5.41) is 0. The molecule has 0 saturated carbocycles. The van der Waals surface area contributed by atoms with Crippen molar-refractivity contribution >= 4 is 23.3 Å². The van der Waals surface area contributed by atoms with Crippen molar-refractivity contribution in [2.75, 3.05) is 18.1 Å². The van der Waals surface area contributed by atoms with Gasteiger partial charge in [-0.05, 0) is 42.8 Å². The van der Waals surface area contributed by atoms with E-state index < -0.39 is 35.6 Å². The Morgan fingerprint density at radius 1 is 1.12 bits per heavy atom. The van der Waals surface area contributed by atoms with Crippen LogP contribution < -0.4 is 4.90 Å². The molecule has 1 heterocycles. The van der Waals surface area contributed by atoms with Crippen LogP contribution in [0.15, 0.2) is 42.5 Å². The zero-order valence-corrected chi connectivity index (χ0v) is 13.7. The fourth-order valence-electron chi connectivity index (χ4n) is 2.73. The number of carbonyl (C=O) groups is 3. The molecule has 1 amide bonds. The number of ether oxygens (including phenoxy) is 1. The van der Waals surface area contributed by atoms with E-state index in [9.17, 15) is 23.2 Å². The number of carbonyl (C=O) groups excluding carboxylic acids is 3. The lowest BCUT2D eigenvalue weighted by molar-refractivity contribution is -0.117. The summed E-state index contributed by atoms with van der Waals surface area (Å²) in [6.45, 7) is -0.138. The average Bonchev–Trinajstić information content (AvgIpc) is 3.07. The van der Waals surface area contributed by atoms with E-state index in [4.69, 9.17) is 4.74 Å². The van der Waals surface area contributed by atoms with Gasteiger partial charge in [0.1, 0.15) is 11.6 Å². The largest absolute Gasteiger partial charge is 0.454 e. The van der Waals surface area contributed by atoms with Gasteiger partial charge >= 0.3 is 5.97 Å². The highest BCUT2D eigenvalue weighted by Crippen LogP contribution is 2.22. The molecule has 0 bridgehead atoms. The smallest absolute Gasteiger partial charge is 0.338 e. The van der Waals surface area contributed by atoms with Gasteiger partial charge in [-0.2, -0.15) is 0 Å². The van der Waals surface area contributed by atoms with Gasteiger partial charge in [-0.25, -0.2) is 13.6 Å². The predicted molar refractivity (Wildman–Crippen MR) is 89.0 cm³/mol. The van der Waals surface area contributed by atoms with E-state index in [-0.39, 0.29) is 11.5 Å². The Morgan fingerprint density at radius 2 is 1.92 bits per heavy atom. The first-order valence-electron chi connectivity index (χ1n) is 8.01. The minimum Gasteiger partial charge on any atom is -0.454 e. The summed E-state index contributed by atoms with van der Waals surface area (Å²) in [6, 6.07) is 8.77. The first-order chi connectivity index (χ1) is 12.5. The van der Waals surface area contributed by atoms with Crippen LogP contribution in [0.3, 0.4) is 0 Å². The average molecular weight is 359 g/mol. The molecule has 0 radical (unpaired) electrons. The molecule has 1 aliphatic heterocycles. The topological polar surface area (TPSA) is 63.7 Å². The Kier molecular flexibility index (Phi) is 5.06. The van der Waals surface area contributed by atoms with Crippen LogP contribution in [-0.4, -0.2) is 30.8 Å². The van der Waals surface area contributed by atoms with Gasteiger partial charge in [0, 0.05) is 18.7 Å². The highest BCUT2D eigenvalue weighted by Gasteiger charge is 2.23. The molecule has 5 nitrogen and oxygen atoms in total. The maximum Gasteiger partial charge on any atom is 0.338 e. The van der Waals surface area contributed by atoms with Crippen molar-refractivity contribution < 1.29 is 27.9 Å². The van der Waals surface area contributed by atoms with Crippen LogP contribution in [0.1, 0.15) is 33.6 Å². The molecule has 0 spiro atoms. The fourth-order valence-corrected chi connectivity index (χ4v) is 2.73. The second kappa shape index (κ2) is 7.43. The molecule has 2 aromatic rings. The zero-order chi connectivity index (χ0) is 18.7. The summed E-state index contributed by atoms with van der Waals surface area (Å²) in [5.74, 6) is -3.30. The SMILES string of the molecule is O=C(OCC(=O)c1cc(F)ccc1F)c1cccc(N2CCCC2=O)c1. The third kappa shape index (κ3) is 3.77. The van der Waals surface area contributed by atoms with Gasteiger partial charge in [0.05, 0.1) is 11.1 Å². The number of hydrogen-bond donors (Lipinski definition) is 0. The van der Waals surface area contributed by atoms with E-state index in [0.717, 1.165) is 24.6 Å². The first-order valence-corrected chi connectivity index (χ1v) is 8.01. The van der Waals surface area contributed by atoms with Gasteiger partial charge in [-0.1, -0.05) is 6.07 Å². The molecular weight excluding hydrogens is 344 g/mol. The van der Waals surface area contributed by atoms with Crippen molar-refractivity contribution in [2.24, 2.45) is 0 Å². The second-order valence-corrected chi connectivity index (χ2v) is 5.82. The number of esters is 1. The summed E-state index contributed by atoms with van der Waals surface area (Å²) >= 11 is 0. The summed E-state index contributed by atoms with van der Waals surface area (Å²) in [5.41, 5.74) is 0.258. The third-order valence-electron chi connectivity index (χ3n) is 4.03. The van der Waals surface area contributed by atoms with E-state index >= 15 is 0 Å². The lowest BCUT2D eigenvalue weighted by Crippen LogP contribution is -2.24. The summed E-state index contributed by atoms with van der Waals surface area (Å²) < 4.78 is 31.6. The molecule has 0 unspecified atom stereocenters. The van der Waals surface area contributed by atoms with Crippen LogP contribution in [0.2, 0.25) is 0 Å². The number of ketones is 1. The predicted octanol–water partition coefficient (Wildman–Crippen LogP) is 3.13. The molecule has 0 N–H and O–H groups in total. The van der Waals surface area contributed by atoms with Gasteiger partial charge in [-0.3, -0.25) is 9.59 Å². The Hall–Kier alpha value is -3.09. The van der Waals surface area contributed by atoms with Crippen LogP contribution in [0.4, 0.5) is 14.5 Å². The quantitative estimate of drug-likeness (QED) is 0.608. The fraction of sp³-hybridized carbons (Fsp3) is 0.211. The number of benzene rings is 2. The minimum absolute atomic E-state index is 0.0210. The Morgan fingerprint density at radius 3 is 2.65 bits per heavy atom. The lowest BCUT2D eigenvalue weighted by Gasteiger charge is -2.16. The van der Waals surface area contributed by atoms with Crippen molar-refractivity contribution in [1.82, 2.24) is 0 Å². The molecule has 3 rings (SSSR count). The van der Waals surface area contributed by atoms with Crippen LogP contribution in [0, 0.1) is 11.6 Å². The van der Waals surface area contributed by atoms with E-state index in [1.54, 1.807) is 17.0 Å². The monoisotopic (exact) mass is 359 g/mol. The van der Waals surface area contributed by atoms with Crippen molar-refractivity contribution in [3.63, 3.8) is 0 Å². The lowest BCUT2D eigenvalue weighted by atomic mass is 10.1. The van der Waals surface area contributed by atoms with E-state index in [1.165, 1.54) is 12.1 Å². The standard InChI is InChI=1S/C19H15F2NO4/c20-13-6-7-16(21)15(10-13)17(23)11-26-19(25)12-3-1-4-14(9-12)22-8-2-5-18(22)24/h1,3-4,6-7,9-10H,2,5,8,11H2. The molecule has 2 aromatic carbocycles. The maximum absolute atomic E-state index is 13.6. The van der Waals surface area contributed by atoms with E-state index in [2.05, 4.69) is 0 Å². The van der Waals surface area contributed by atoms with Crippen LogP contribution >= 0.6 is 0 Å². The van der Waals surface area contributed by atoms with Gasteiger partial charge in [-0.15, -0.1) is 0 Å². The van der Waals surface area contributed by atoms with Crippen LogP contribution in [-0.2, 0) is 9.53 Å². The molecule has 0 atom stereocenters. The van der Waals surface area contributed by atoms with Gasteiger partial charge in [0.2, 0.25) is 11.7 Å². The van der Waals surface area contributed by atoms with Gasteiger partial charge in [0.25, 0.3) is 0 Å². The highest BCUT2D eigenvalue weighted by molar-refractivity contribution is 6.00. The second-order valence-electron chi connectivity index (χ2n) is 5.82. The Labute approximate surface area is 148 Å². The molecule has 1 aliphatic rings. The summed E-state index contributed by atoms with van der Waals surface area (Å²) in [6.07, 6.45) is 1.21. The molecule has 1 fully saturated rings. The Bertz CT molecular complexity index is 882. The first kappa shape index (κ1) is 17.7. The normalized spacial score (nSPS) is 13.8. The number of hydrogen-bond acceptors (Lipinski definition) is 4. The number of halogens is 2. The molecule has 26 heavy (non-hydrogen) atoms. The van der Waals surface area contributed by atoms with E-state index in [1.807, 2.05) is 0 Å². The zero-order valence-electron chi connectivity index (χ0n) is 13.7. The van der Waals surface area contributed by atoms with Crippen LogP contribution in [0.25, 0.3) is 0 Å². The number of anilines is 1. The van der Waals surface area contributed by atoms with Gasteiger partial charge < -0.3 is 9.64 Å². The number of Topliss-reactive ketones (excluding diaryl/α,β-unsaturated/α-hetero) is 1. The molecule has 0 aromatic heterocycles. The van der Waals surface area contributed by atoms with Crippen LogP contribution in [0.5, 0.6) is 0 Å². The molecule has 1 saturated heterocycles. The van der Waals surface area contributed by atoms with Gasteiger partial charge in [0.15, 0.2) is 6.61 Å². The third-order valence-corrected chi connectivity index (χ3v) is 4.03. The number of nitrogens with zero attached hydrogens (tertiary/aromatic N) is 1. The summed E-state index contributed by atoms with van der Waals surface area (Å²) in [7, 11) is 0. The van der Waals surface area contributed by atoms with Crippen molar-refractivity contribution in [3.8, 4) is 0 Å². The van der Waals surface area contributed by atoms with E-state index in [0.29, 0.717) is 18.7 Å².